The van der Waals surface area contributed by atoms with Gasteiger partial charge in [0.25, 0.3) is 0 Å². The Morgan fingerprint density at radius 3 is 2.24 bits per heavy atom. The van der Waals surface area contributed by atoms with Crippen molar-refractivity contribution in [2.45, 2.75) is 122 Å². The predicted molar refractivity (Wildman–Crippen MR) is 132 cm³/mol. The van der Waals surface area contributed by atoms with Crippen LogP contribution in [0.5, 0.6) is 0 Å². The van der Waals surface area contributed by atoms with E-state index in [0.717, 1.165) is 44.9 Å². The van der Waals surface area contributed by atoms with E-state index in [2.05, 4.69) is 20.8 Å². The molecule has 37 heavy (non-hydrogen) atoms. The molecule has 1 spiro atoms. The van der Waals surface area contributed by atoms with Crippen molar-refractivity contribution >= 4 is 5.97 Å². The zero-order valence-corrected chi connectivity index (χ0v) is 22.7. The molecule has 9 heteroatoms. The van der Waals surface area contributed by atoms with Crippen LogP contribution >= 0.6 is 0 Å². The zero-order chi connectivity index (χ0) is 27.2. The van der Waals surface area contributed by atoms with Gasteiger partial charge in [0.2, 0.25) is 6.29 Å². The molecule has 5 rings (SSSR count). The normalized spacial score (nSPS) is 57.4. The van der Waals surface area contributed by atoms with Crippen LogP contribution in [0, 0.1) is 33.0 Å². The van der Waals surface area contributed by atoms with E-state index in [-0.39, 0.29) is 28.8 Å². The molecule has 1 saturated heterocycles. The smallest absolute Gasteiger partial charge is 0.314 e. The summed E-state index contributed by atoms with van der Waals surface area (Å²) in [6.45, 7) is 7.99. The topological polar surface area (TPSA) is 157 Å². The number of rotatable bonds is 4. The number of aliphatic hydroxyl groups excluding tert-OH is 5. The third-order valence-corrected chi connectivity index (χ3v) is 13.1. The summed E-state index contributed by atoms with van der Waals surface area (Å²) in [6.07, 6.45) is -0.102. The molecule has 0 aromatic carbocycles. The van der Waals surface area contributed by atoms with Gasteiger partial charge in [0.1, 0.15) is 24.4 Å². The van der Waals surface area contributed by atoms with E-state index in [1.54, 1.807) is 0 Å². The van der Waals surface area contributed by atoms with Gasteiger partial charge in [0, 0.05) is 0 Å². The SMILES string of the molecule is C[C@]12CCC34C[C@H](CC[C@@]3(C)[C@]1(C)CCC[C@@]2(C)C(=O)O[C@@H]1O[C@H](CO)[C@@H](O)[C@H](O)[C@H]1O)[C@@](O)(CO)C4. The van der Waals surface area contributed by atoms with Gasteiger partial charge in [0.15, 0.2) is 0 Å². The standard InChI is InChI=1S/C28H46O9/c1-23(22(34)37-21-20(33)19(32)18(31)17(13-29)36-21)7-5-8-25(3)24(23,2)10-11-27-12-16(6-9-26(25,27)4)28(35,14-27)15-30/h16-21,29-33,35H,5-15H2,1-4H3/t16-,17+,18+,19-,20+,21-,23-,24+,25+,26-,27?,28-/m0/s1. The molecule has 12 atom stereocenters. The molecule has 5 fully saturated rings. The largest absolute Gasteiger partial charge is 0.432 e. The van der Waals surface area contributed by atoms with Crippen LogP contribution in [0.4, 0.5) is 0 Å². The third kappa shape index (κ3) is 3.31. The second kappa shape index (κ2) is 8.59. The van der Waals surface area contributed by atoms with E-state index in [9.17, 15) is 35.4 Å². The van der Waals surface area contributed by atoms with Gasteiger partial charge in [-0.15, -0.1) is 0 Å². The van der Waals surface area contributed by atoms with Crippen molar-refractivity contribution in [1.29, 1.82) is 0 Å². The van der Waals surface area contributed by atoms with Gasteiger partial charge in [-0.25, -0.2) is 0 Å². The Kier molecular flexibility index (Phi) is 6.44. The fourth-order valence-electron chi connectivity index (χ4n) is 10.1. The summed E-state index contributed by atoms with van der Waals surface area (Å²) < 4.78 is 11.3. The Balaban J connectivity index is 1.47. The molecule has 4 saturated carbocycles. The number of esters is 1. The fourth-order valence-corrected chi connectivity index (χ4v) is 10.1. The second-order valence-electron chi connectivity index (χ2n) is 13.9. The minimum atomic E-state index is -1.63. The number of aliphatic hydroxyl groups is 6. The van der Waals surface area contributed by atoms with Crippen LogP contribution in [0.3, 0.4) is 0 Å². The predicted octanol–water partition coefficient (Wildman–Crippen LogP) is 1.25. The van der Waals surface area contributed by atoms with E-state index in [1.165, 1.54) is 0 Å². The quantitative estimate of drug-likeness (QED) is 0.297. The maximum atomic E-state index is 14.0. The molecule has 1 unspecified atom stereocenters. The summed E-state index contributed by atoms with van der Waals surface area (Å²) in [7, 11) is 0. The number of hydrogen-bond donors (Lipinski definition) is 6. The molecule has 0 aromatic heterocycles. The summed E-state index contributed by atoms with van der Waals surface area (Å²) in [5.74, 6) is -0.401. The minimum Gasteiger partial charge on any atom is -0.432 e. The van der Waals surface area contributed by atoms with Gasteiger partial charge in [-0.2, -0.15) is 0 Å². The molecular weight excluding hydrogens is 480 g/mol. The Hall–Kier alpha value is -0.810. The zero-order valence-electron chi connectivity index (χ0n) is 22.7. The van der Waals surface area contributed by atoms with Crippen LogP contribution in [0.2, 0.25) is 0 Å². The Labute approximate surface area is 219 Å². The van der Waals surface area contributed by atoms with E-state index >= 15 is 0 Å². The van der Waals surface area contributed by atoms with Crippen LogP contribution in [0.25, 0.3) is 0 Å². The Bertz CT molecular complexity index is 927. The highest BCUT2D eigenvalue weighted by molar-refractivity contribution is 5.78. The lowest BCUT2D eigenvalue weighted by Gasteiger charge is -2.73. The van der Waals surface area contributed by atoms with Gasteiger partial charge in [-0.1, -0.05) is 27.2 Å². The summed E-state index contributed by atoms with van der Waals surface area (Å²) in [6, 6.07) is 0. The first-order valence-electron chi connectivity index (χ1n) is 14.0. The van der Waals surface area contributed by atoms with Crippen molar-refractivity contribution in [2.75, 3.05) is 13.2 Å². The molecule has 1 aliphatic heterocycles. The molecule has 6 N–H and O–H groups in total. The minimum absolute atomic E-state index is 0.0961. The van der Waals surface area contributed by atoms with Gasteiger partial charge in [-0.3, -0.25) is 4.79 Å². The highest BCUT2D eigenvalue weighted by Gasteiger charge is 2.77. The van der Waals surface area contributed by atoms with Gasteiger partial charge < -0.3 is 40.1 Å². The number of carbonyl (C=O) groups excluding carboxylic acids is 1. The van der Waals surface area contributed by atoms with Crippen LogP contribution < -0.4 is 0 Å². The molecule has 4 aliphatic carbocycles. The first-order chi connectivity index (χ1) is 17.2. The van der Waals surface area contributed by atoms with E-state index in [0.29, 0.717) is 12.8 Å². The summed E-state index contributed by atoms with van der Waals surface area (Å²) in [5, 5.41) is 61.8. The lowest BCUT2D eigenvalue weighted by Crippen LogP contribution is -2.69. The first-order valence-corrected chi connectivity index (χ1v) is 14.0. The van der Waals surface area contributed by atoms with Crippen LogP contribution in [-0.2, 0) is 14.3 Å². The Morgan fingerprint density at radius 1 is 0.892 bits per heavy atom. The maximum Gasteiger partial charge on any atom is 0.314 e. The van der Waals surface area contributed by atoms with Crippen LogP contribution in [0.15, 0.2) is 0 Å². The third-order valence-electron chi connectivity index (χ3n) is 13.1. The van der Waals surface area contributed by atoms with Crippen molar-refractivity contribution in [1.82, 2.24) is 0 Å². The number of hydrogen-bond acceptors (Lipinski definition) is 9. The highest BCUT2D eigenvalue weighted by atomic mass is 16.7. The van der Waals surface area contributed by atoms with Gasteiger partial charge in [0.05, 0.1) is 24.2 Å². The molecule has 0 amide bonds. The highest BCUT2D eigenvalue weighted by Crippen LogP contribution is 2.81. The summed E-state index contributed by atoms with van der Waals surface area (Å²) in [5.41, 5.74) is -2.87. The van der Waals surface area contributed by atoms with Crippen molar-refractivity contribution in [2.24, 2.45) is 33.0 Å². The van der Waals surface area contributed by atoms with E-state index in [1.807, 2.05) is 6.92 Å². The second-order valence-corrected chi connectivity index (χ2v) is 13.9. The van der Waals surface area contributed by atoms with E-state index < -0.39 is 59.7 Å². The van der Waals surface area contributed by atoms with Crippen molar-refractivity contribution < 1.29 is 44.9 Å². The van der Waals surface area contributed by atoms with E-state index in [4.69, 9.17) is 9.47 Å². The number of fused-ring (bicyclic) bond motifs is 3. The summed E-state index contributed by atoms with van der Waals surface area (Å²) in [4.78, 5) is 14.0. The molecule has 1 heterocycles. The average Bonchev–Trinajstić information content (AvgIpc) is 3.12. The molecule has 9 nitrogen and oxygen atoms in total. The van der Waals surface area contributed by atoms with Crippen molar-refractivity contribution in [3.63, 3.8) is 0 Å². The maximum absolute atomic E-state index is 14.0. The van der Waals surface area contributed by atoms with Crippen molar-refractivity contribution in [3.05, 3.63) is 0 Å². The monoisotopic (exact) mass is 526 g/mol. The molecule has 2 bridgehead atoms. The lowest BCUT2D eigenvalue weighted by molar-refractivity contribution is -0.304. The fraction of sp³-hybridized carbons (Fsp3) is 0.964. The molecule has 212 valence electrons. The van der Waals surface area contributed by atoms with Crippen molar-refractivity contribution in [3.8, 4) is 0 Å². The Morgan fingerprint density at radius 2 is 1.59 bits per heavy atom. The molecular formula is C28H46O9. The average molecular weight is 527 g/mol. The number of carbonyl (C=O) groups is 1. The molecule has 0 aromatic rings. The van der Waals surface area contributed by atoms with Gasteiger partial charge in [-0.05, 0) is 85.9 Å². The molecule has 0 radical (unpaired) electrons. The number of ether oxygens (including phenoxy) is 2. The lowest BCUT2D eigenvalue weighted by atomic mass is 9.30. The van der Waals surface area contributed by atoms with Crippen LogP contribution in [-0.4, -0.2) is 86.1 Å². The summed E-state index contributed by atoms with van der Waals surface area (Å²) >= 11 is 0. The van der Waals surface area contributed by atoms with Gasteiger partial charge >= 0.3 is 5.97 Å². The van der Waals surface area contributed by atoms with Crippen LogP contribution in [0.1, 0.15) is 85.5 Å². The molecule has 5 aliphatic rings. The first kappa shape index (κ1) is 27.7.